The number of hydrogen-bond donors (Lipinski definition) is 0. The van der Waals surface area contributed by atoms with E-state index in [0.29, 0.717) is 0 Å². The van der Waals surface area contributed by atoms with Crippen LogP contribution in [-0.4, -0.2) is 55.5 Å². The highest BCUT2D eigenvalue weighted by molar-refractivity contribution is 5.94. The van der Waals surface area contributed by atoms with E-state index in [4.69, 9.17) is 4.74 Å². The average molecular weight is 381 g/mol. The van der Waals surface area contributed by atoms with Crippen molar-refractivity contribution in [3.63, 3.8) is 0 Å². The summed E-state index contributed by atoms with van der Waals surface area (Å²) in [6.45, 7) is 5.17. The van der Waals surface area contributed by atoms with Crippen molar-refractivity contribution in [2.45, 2.75) is 38.6 Å². The van der Waals surface area contributed by atoms with Crippen molar-refractivity contribution in [2.75, 3.05) is 33.8 Å². The lowest BCUT2D eigenvalue weighted by molar-refractivity contribution is 0.0617. The van der Waals surface area contributed by atoms with Crippen molar-refractivity contribution in [2.24, 2.45) is 0 Å². The van der Waals surface area contributed by atoms with E-state index in [1.807, 2.05) is 37.1 Å². The van der Waals surface area contributed by atoms with Crippen molar-refractivity contribution in [3.05, 3.63) is 65.2 Å². The number of rotatable bonds is 7. The van der Waals surface area contributed by atoms with Gasteiger partial charge in [-0.1, -0.05) is 30.3 Å². The monoisotopic (exact) mass is 380 g/mol. The van der Waals surface area contributed by atoms with Crippen molar-refractivity contribution >= 4 is 5.91 Å². The van der Waals surface area contributed by atoms with E-state index < -0.39 is 0 Å². The zero-order chi connectivity index (χ0) is 19.9. The molecule has 0 saturated carbocycles. The zero-order valence-corrected chi connectivity index (χ0v) is 17.4. The maximum absolute atomic E-state index is 13.0. The first-order valence-corrected chi connectivity index (χ1v) is 10.3. The number of benzene rings is 2. The molecular formula is C24H32N2O2. The van der Waals surface area contributed by atoms with E-state index in [9.17, 15) is 4.79 Å². The molecule has 1 amide bonds. The highest BCUT2D eigenvalue weighted by atomic mass is 16.5. The highest BCUT2D eigenvalue weighted by Gasteiger charge is 2.26. The van der Waals surface area contributed by atoms with Gasteiger partial charge in [0.15, 0.2) is 0 Å². The Kier molecular flexibility index (Phi) is 7.10. The summed E-state index contributed by atoms with van der Waals surface area (Å²) in [5.74, 6) is 0.920. The number of carbonyl (C=O) groups excluding carboxylic acids is 1. The number of carbonyl (C=O) groups is 1. The van der Waals surface area contributed by atoms with Gasteiger partial charge in [-0.2, -0.15) is 0 Å². The predicted molar refractivity (Wildman–Crippen MR) is 114 cm³/mol. The summed E-state index contributed by atoms with van der Waals surface area (Å²) in [4.78, 5) is 17.4. The molecule has 2 aromatic carbocycles. The average Bonchev–Trinajstić information content (AvgIpc) is 2.73. The van der Waals surface area contributed by atoms with Crippen molar-refractivity contribution < 1.29 is 9.53 Å². The molecule has 1 heterocycles. The molecule has 0 spiro atoms. The Balaban J connectivity index is 1.54. The third kappa shape index (κ3) is 5.14. The van der Waals surface area contributed by atoms with Crippen molar-refractivity contribution in [1.29, 1.82) is 0 Å². The van der Waals surface area contributed by atoms with E-state index in [1.165, 1.54) is 5.56 Å². The molecule has 1 aliphatic rings. The molecule has 0 unspecified atom stereocenters. The van der Waals surface area contributed by atoms with Crippen LogP contribution in [-0.2, 0) is 6.42 Å². The molecule has 28 heavy (non-hydrogen) atoms. The quantitative estimate of drug-likeness (QED) is 0.723. The molecule has 1 atom stereocenters. The molecule has 1 aliphatic heterocycles. The second kappa shape index (κ2) is 9.74. The number of likely N-dealkylation sites (tertiary alicyclic amines) is 1. The topological polar surface area (TPSA) is 32.8 Å². The molecule has 4 nitrogen and oxygen atoms in total. The third-order valence-corrected chi connectivity index (χ3v) is 5.77. The molecule has 150 valence electrons. The summed E-state index contributed by atoms with van der Waals surface area (Å²) in [5.41, 5.74) is 3.13. The first kappa shape index (κ1) is 20.4. The fourth-order valence-electron chi connectivity index (χ4n) is 4.08. The lowest BCUT2D eigenvalue weighted by Crippen LogP contribution is -2.48. The minimum absolute atomic E-state index is 0.0990. The van der Waals surface area contributed by atoms with Crippen LogP contribution in [0.25, 0.3) is 0 Å². The zero-order valence-electron chi connectivity index (χ0n) is 17.4. The van der Waals surface area contributed by atoms with Gasteiger partial charge in [0.05, 0.1) is 7.11 Å². The van der Waals surface area contributed by atoms with E-state index in [0.717, 1.165) is 62.2 Å². The molecule has 0 aromatic heterocycles. The number of likely N-dealkylation sites (N-methyl/N-ethyl adjacent to an activating group) is 1. The second-order valence-electron chi connectivity index (χ2n) is 7.79. The first-order valence-electron chi connectivity index (χ1n) is 10.3. The number of hydrogen-bond acceptors (Lipinski definition) is 3. The Morgan fingerprint density at radius 2 is 2.00 bits per heavy atom. The largest absolute Gasteiger partial charge is 0.496 e. The summed E-state index contributed by atoms with van der Waals surface area (Å²) in [6.07, 6.45) is 4.50. The molecule has 1 fully saturated rings. The molecule has 2 aromatic rings. The number of ether oxygens (including phenoxy) is 1. The van der Waals surface area contributed by atoms with E-state index >= 15 is 0 Å². The maximum Gasteiger partial charge on any atom is 0.253 e. The Morgan fingerprint density at radius 1 is 1.21 bits per heavy atom. The van der Waals surface area contributed by atoms with Crippen LogP contribution >= 0.6 is 0 Å². The SMILES string of the molecule is COc1ccc(C(=O)N(C)[C@H]2CCCN(CCCc3ccccc3)C2)cc1C. The number of amides is 1. The highest BCUT2D eigenvalue weighted by Crippen LogP contribution is 2.22. The number of nitrogens with zero attached hydrogens (tertiary/aromatic N) is 2. The van der Waals surface area contributed by atoms with Crippen LogP contribution < -0.4 is 4.74 Å². The number of piperidine rings is 1. The number of aryl methyl sites for hydroxylation is 2. The summed E-state index contributed by atoms with van der Waals surface area (Å²) < 4.78 is 5.31. The summed E-state index contributed by atoms with van der Waals surface area (Å²) in [6, 6.07) is 16.6. The lowest BCUT2D eigenvalue weighted by atomic mass is 10.0. The Labute approximate surface area is 169 Å². The normalized spacial score (nSPS) is 17.3. The van der Waals surface area contributed by atoms with Crippen LogP contribution in [0.5, 0.6) is 5.75 Å². The fraction of sp³-hybridized carbons (Fsp3) is 0.458. The van der Waals surface area contributed by atoms with Gasteiger partial charge in [-0.15, -0.1) is 0 Å². The van der Waals surface area contributed by atoms with Crippen LogP contribution in [0.2, 0.25) is 0 Å². The van der Waals surface area contributed by atoms with Crippen molar-refractivity contribution in [3.8, 4) is 5.75 Å². The van der Waals surface area contributed by atoms with E-state index in [-0.39, 0.29) is 11.9 Å². The van der Waals surface area contributed by atoms with Crippen LogP contribution in [0, 0.1) is 6.92 Å². The third-order valence-electron chi connectivity index (χ3n) is 5.77. The first-order chi connectivity index (χ1) is 13.6. The predicted octanol–water partition coefficient (Wildman–Crippen LogP) is 4.17. The van der Waals surface area contributed by atoms with Gasteiger partial charge >= 0.3 is 0 Å². The van der Waals surface area contributed by atoms with Crippen LogP contribution in [0.1, 0.15) is 40.7 Å². The molecule has 0 radical (unpaired) electrons. The van der Waals surface area contributed by atoms with Crippen LogP contribution in [0.4, 0.5) is 0 Å². The molecule has 1 saturated heterocycles. The van der Waals surface area contributed by atoms with E-state index in [2.05, 4.69) is 35.2 Å². The van der Waals surface area contributed by atoms with Crippen LogP contribution in [0.3, 0.4) is 0 Å². The summed E-state index contributed by atoms with van der Waals surface area (Å²) in [7, 11) is 3.60. The molecule has 0 N–H and O–H groups in total. The Hall–Kier alpha value is -2.33. The minimum Gasteiger partial charge on any atom is -0.496 e. The molecule has 3 rings (SSSR count). The molecular weight excluding hydrogens is 348 g/mol. The lowest BCUT2D eigenvalue weighted by Gasteiger charge is -2.37. The van der Waals surface area contributed by atoms with Gasteiger partial charge < -0.3 is 14.5 Å². The van der Waals surface area contributed by atoms with Gasteiger partial charge in [0, 0.05) is 25.2 Å². The summed E-state index contributed by atoms with van der Waals surface area (Å²) >= 11 is 0. The van der Waals surface area contributed by atoms with Gasteiger partial charge in [0.1, 0.15) is 5.75 Å². The van der Waals surface area contributed by atoms with Crippen molar-refractivity contribution in [1.82, 2.24) is 9.80 Å². The van der Waals surface area contributed by atoms with E-state index in [1.54, 1.807) is 7.11 Å². The van der Waals surface area contributed by atoms with Gasteiger partial charge in [0.25, 0.3) is 5.91 Å². The minimum atomic E-state index is 0.0990. The fourth-order valence-corrected chi connectivity index (χ4v) is 4.08. The van der Waals surface area contributed by atoms with Gasteiger partial charge in [-0.05, 0) is 75.0 Å². The Bertz CT molecular complexity index is 775. The second-order valence-corrected chi connectivity index (χ2v) is 7.79. The number of methoxy groups -OCH3 is 1. The van der Waals surface area contributed by atoms with Crippen LogP contribution in [0.15, 0.2) is 48.5 Å². The standard InChI is InChI=1S/C24H32N2O2/c1-19-17-21(13-14-23(19)28-3)24(27)25(2)22-12-8-16-26(18-22)15-7-11-20-9-5-4-6-10-20/h4-6,9-10,13-14,17,22H,7-8,11-12,15-16,18H2,1-3H3/t22-/m0/s1. The Morgan fingerprint density at radius 3 is 2.71 bits per heavy atom. The molecule has 0 aliphatic carbocycles. The van der Waals surface area contributed by atoms with Gasteiger partial charge in [-0.3, -0.25) is 4.79 Å². The molecule has 4 heteroatoms. The maximum atomic E-state index is 13.0. The smallest absolute Gasteiger partial charge is 0.253 e. The van der Waals surface area contributed by atoms with Gasteiger partial charge in [0.2, 0.25) is 0 Å². The van der Waals surface area contributed by atoms with Gasteiger partial charge in [-0.25, -0.2) is 0 Å². The summed E-state index contributed by atoms with van der Waals surface area (Å²) in [5, 5.41) is 0. The molecule has 0 bridgehead atoms.